The second-order valence-electron chi connectivity index (χ2n) is 6.56. The maximum Gasteiger partial charge on any atom is 0.416 e. The van der Waals surface area contributed by atoms with Crippen LogP contribution in [0, 0.1) is 11.8 Å². The van der Waals surface area contributed by atoms with Crippen LogP contribution in [0.1, 0.15) is 31.4 Å². The molecule has 2 nitrogen and oxygen atoms in total. The van der Waals surface area contributed by atoms with Crippen LogP contribution in [0.2, 0.25) is 0 Å². The van der Waals surface area contributed by atoms with Crippen molar-refractivity contribution in [2.24, 2.45) is 17.6 Å². The summed E-state index contributed by atoms with van der Waals surface area (Å²) in [5.74, 6) is -0.241. The molecule has 0 spiro atoms. The summed E-state index contributed by atoms with van der Waals surface area (Å²) in [6.45, 7) is 3.95. The van der Waals surface area contributed by atoms with Crippen LogP contribution in [-0.2, 0) is 17.4 Å². The first-order valence-corrected chi connectivity index (χ1v) is 8.24. The highest BCUT2D eigenvalue weighted by Gasteiger charge is 2.29. The van der Waals surface area contributed by atoms with E-state index in [1.165, 1.54) is 12.1 Å². The number of alkyl halides is 3. The van der Waals surface area contributed by atoms with Crippen LogP contribution < -0.4 is 5.73 Å². The molecule has 0 aromatic heterocycles. The Morgan fingerprint density at radius 1 is 0.960 bits per heavy atom. The zero-order valence-electron chi connectivity index (χ0n) is 14.3. The van der Waals surface area contributed by atoms with E-state index in [0.29, 0.717) is 6.42 Å². The van der Waals surface area contributed by atoms with E-state index in [1.807, 2.05) is 38.1 Å². The van der Waals surface area contributed by atoms with Crippen LogP contribution in [-0.4, -0.2) is 5.91 Å². The topological polar surface area (TPSA) is 43.1 Å². The Labute approximate surface area is 145 Å². The predicted molar refractivity (Wildman–Crippen MR) is 92.7 cm³/mol. The van der Waals surface area contributed by atoms with Crippen LogP contribution in [0.15, 0.2) is 48.5 Å². The average Bonchev–Trinajstić information content (AvgIpc) is 2.54. The van der Waals surface area contributed by atoms with E-state index in [9.17, 15) is 18.0 Å². The molecule has 2 aromatic carbocycles. The van der Waals surface area contributed by atoms with Crippen molar-refractivity contribution in [2.75, 3.05) is 0 Å². The van der Waals surface area contributed by atoms with Crippen LogP contribution >= 0.6 is 0 Å². The van der Waals surface area contributed by atoms with Crippen LogP contribution in [0.25, 0.3) is 11.1 Å². The molecule has 0 saturated heterocycles. The van der Waals surface area contributed by atoms with Crippen molar-refractivity contribution in [1.29, 1.82) is 0 Å². The Kier molecular flexibility index (Phi) is 5.88. The lowest BCUT2D eigenvalue weighted by Gasteiger charge is -2.17. The van der Waals surface area contributed by atoms with Crippen molar-refractivity contribution < 1.29 is 18.0 Å². The first kappa shape index (κ1) is 19.0. The highest BCUT2D eigenvalue weighted by Crippen LogP contribution is 2.31. The summed E-state index contributed by atoms with van der Waals surface area (Å²) < 4.78 is 37.8. The summed E-state index contributed by atoms with van der Waals surface area (Å²) in [7, 11) is 0. The molecule has 0 heterocycles. The fourth-order valence-electron chi connectivity index (χ4n) is 2.84. The smallest absolute Gasteiger partial charge is 0.369 e. The number of hydrogen-bond donors (Lipinski definition) is 1. The average molecular weight is 349 g/mol. The molecule has 0 saturated carbocycles. The maximum absolute atomic E-state index is 12.6. The number of rotatable bonds is 6. The maximum atomic E-state index is 12.6. The Bertz CT molecular complexity index is 703. The third kappa shape index (κ3) is 5.08. The van der Waals surface area contributed by atoms with Crippen LogP contribution in [0.4, 0.5) is 13.2 Å². The van der Waals surface area contributed by atoms with E-state index >= 15 is 0 Å². The number of amides is 1. The standard InChI is InChI=1S/C20H22F3NO/c1-13(2)18(19(24)25)12-5-14-3-6-15(7-4-14)16-8-10-17(11-9-16)20(21,22)23/h3-4,6-11,13,18H,5,12H2,1-2H3,(H2,24,25). The number of carbonyl (C=O) groups is 1. The minimum atomic E-state index is -4.32. The summed E-state index contributed by atoms with van der Waals surface area (Å²) in [5.41, 5.74) is 7.43. The number of nitrogens with two attached hydrogens (primary N) is 1. The van der Waals surface area contributed by atoms with E-state index in [1.54, 1.807) is 0 Å². The number of primary amides is 1. The molecule has 25 heavy (non-hydrogen) atoms. The van der Waals surface area contributed by atoms with Gasteiger partial charge in [0.1, 0.15) is 0 Å². The molecule has 0 fully saturated rings. The Morgan fingerprint density at radius 3 is 1.84 bits per heavy atom. The monoisotopic (exact) mass is 349 g/mol. The van der Waals surface area contributed by atoms with Crippen molar-refractivity contribution in [1.82, 2.24) is 0 Å². The minimum absolute atomic E-state index is 0.158. The molecule has 1 atom stereocenters. The molecular formula is C20H22F3NO. The van der Waals surface area contributed by atoms with Gasteiger partial charge in [0, 0.05) is 5.92 Å². The van der Waals surface area contributed by atoms with E-state index in [0.717, 1.165) is 35.2 Å². The van der Waals surface area contributed by atoms with Gasteiger partial charge in [0.15, 0.2) is 0 Å². The SMILES string of the molecule is CC(C)C(CCc1ccc(-c2ccc(C(F)(F)F)cc2)cc1)C(N)=O. The van der Waals surface area contributed by atoms with E-state index in [-0.39, 0.29) is 17.7 Å². The Hall–Kier alpha value is -2.30. The van der Waals surface area contributed by atoms with Gasteiger partial charge in [0.25, 0.3) is 0 Å². The van der Waals surface area contributed by atoms with Gasteiger partial charge in [-0.25, -0.2) is 0 Å². The van der Waals surface area contributed by atoms with Crippen LogP contribution in [0.5, 0.6) is 0 Å². The Morgan fingerprint density at radius 2 is 1.44 bits per heavy atom. The number of carbonyl (C=O) groups excluding carboxylic acids is 1. The fourth-order valence-corrected chi connectivity index (χ4v) is 2.84. The van der Waals surface area contributed by atoms with Gasteiger partial charge in [0.05, 0.1) is 5.56 Å². The molecule has 0 bridgehead atoms. The molecule has 2 aromatic rings. The number of aryl methyl sites for hydroxylation is 1. The molecule has 2 N–H and O–H groups in total. The Balaban J connectivity index is 2.06. The third-order valence-electron chi connectivity index (χ3n) is 4.41. The molecular weight excluding hydrogens is 327 g/mol. The molecule has 5 heteroatoms. The molecule has 0 aliphatic heterocycles. The van der Waals surface area contributed by atoms with E-state index in [2.05, 4.69) is 0 Å². The fraction of sp³-hybridized carbons (Fsp3) is 0.350. The zero-order valence-corrected chi connectivity index (χ0v) is 14.3. The lowest BCUT2D eigenvalue weighted by atomic mass is 9.89. The van der Waals surface area contributed by atoms with Gasteiger partial charge in [-0.15, -0.1) is 0 Å². The summed E-state index contributed by atoms with van der Waals surface area (Å²) >= 11 is 0. The summed E-state index contributed by atoms with van der Waals surface area (Å²) in [5, 5.41) is 0. The molecule has 0 aliphatic rings. The van der Waals surface area contributed by atoms with Crippen molar-refractivity contribution in [3.63, 3.8) is 0 Å². The predicted octanol–water partition coefficient (Wildman–Crippen LogP) is 5.06. The number of halogens is 3. The van der Waals surface area contributed by atoms with Crippen molar-refractivity contribution in [3.05, 3.63) is 59.7 Å². The third-order valence-corrected chi connectivity index (χ3v) is 4.41. The van der Waals surface area contributed by atoms with Crippen molar-refractivity contribution in [2.45, 2.75) is 32.9 Å². The zero-order chi connectivity index (χ0) is 18.6. The van der Waals surface area contributed by atoms with E-state index in [4.69, 9.17) is 5.73 Å². The first-order chi connectivity index (χ1) is 11.7. The molecule has 1 unspecified atom stereocenters. The lowest BCUT2D eigenvalue weighted by molar-refractivity contribution is -0.137. The largest absolute Gasteiger partial charge is 0.416 e. The van der Waals surface area contributed by atoms with Crippen molar-refractivity contribution in [3.8, 4) is 11.1 Å². The van der Waals surface area contributed by atoms with Crippen LogP contribution in [0.3, 0.4) is 0 Å². The van der Waals surface area contributed by atoms with Gasteiger partial charge < -0.3 is 5.73 Å². The molecule has 0 aliphatic carbocycles. The highest BCUT2D eigenvalue weighted by atomic mass is 19.4. The van der Waals surface area contributed by atoms with Gasteiger partial charge in [0.2, 0.25) is 5.91 Å². The highest BCUT2D eigenvalue weighted by molar-refractivity contribution is 5.76. The number of benzene rings is 2. The number of hydrogen-bond acceptors (Lipinski definition) is 1. The molecule has 1 amide bonds. The second-order valence-corrected chi connectivity index (χ2v) is 6.56. The molecule has 2 rings (SSSR count). The van der Waals surface area contributed by atoms with Gasteiger partial charge in [-0.2, -0.15) is 13.2 Å². The quantitative estimate of drug-likeness (QED) is 0.778. The van der Waals surface area contributed by atoms with E-state index < -0.39 is 11.7 Å². The second kappa shape index (κ2) is 7.72. The van der Waals surface area contributed by atoms with Gasteiger partial charge in [-0.3, -0.25) is 4.79 Å². The lowest BCUT2D eigenvalue weighted by Crippen LogP contribution is -2.27. The van der Waals surface area contributed by atoms with Gasteiger partial charge >= 0.3 is 6.18 Å². The van der Waals surface area contributed by atoms with Gasteiger partial charge in [-0.1, -0.05) is 50.2 Å². The first-order valence-electron chi connectivity index (χ1n) is 8.24. The van der Waals surface area contributed by atoms with Crippen molar-refractivity contribution >= 4 is 5.91 Å². The molecule has 0 radical (unpaired) electrons. The minimum Gasteiger partial charge on any atom is -0.369 e. The summed E-state index contributed by atoms with van der Waals surface area (Å²) in [6, 6.07) is 12.8. The molecule has 134 valence electrons. The van der Waals surface area contributed by atoms with Gasteiger partial charge in [-0.05, 0) is 47.6 Å². The normalized spacial score (nSPS) is 13.0. The summed E-state index contributed by atoms with van der Waals surface area (Å²) in [6.07, 6.45) is -2.90. The summed E-state index contributed by atoms with van der Waals surface area (Å²) in [4.78, 5) is 11.4.